The number of hydrazine groups is 1. The molecule has 7 nitrogen and oxygen atoms in total. The molecular formula is C16H18ClN3O4S2. The summed E-state index contributed by atoms with van der Waals surface area (Å²) in [6, 6.07) is 9.79. The van der Waals surface area contributed by atoms with Gasteiger partial charge in [-0.05, 0) is 36.2 Å². The first kappa shape index (κ1) is 20.4. The molecule has 0 aliphatic rings. The monoisotopic (exact) mass is 415 g/mol. The molecule has 0 bridgehead atoms. The number of carbonyl (C=O) groups is 2. The molecule has 0 spiro atoms. The maximum atomic E-state index is 12.3. The van der Waals surface area contributed by atoms with E-state index in [2.05, 4.69) is 10.9 Å². The molecule has 2 rings (SSSR count). The van der Waals surface area contributed by atoms with Crippen LogP contribution in [0.4, 0.5) is 0 Å². The minimum Gasteiger partial charge on any atom is -0.272 e. The highest BCUT2D eigenvalue weighted by molar-refractivity contribution is 7.91. The molecule has 140 valence electrons. The largest absolute Gasteiger partial charge is 0.272 e. The van der Waals surface area contributed by atoms with Gasteiger partial charge in [-0.1, -0.05) is 30.7 Å². The second-order valence-corrected chi connectivity index (χ2v) is 9.36. The van der Waals surface area contributed by atoms with Crippen LogP contribution in [0.25, 0.3) is 0 Å². The number of hydrogen-bond acceptors (Lipinski definition) is 5. The quantitative estimate of drug-likeness (QED) is 0.706. The van der Waals surface area contributed by atoms with Crippen LogP contribution in [0, 0.1) is 0 Å². The lowest BCUT2D eigenvalue weighted by atomic mass is 10.1. The predicted molar refractivity (Wildman–Crippen MR) is 101 cm³/mol. The molecule has 26 heavy (non-hydrogen) atoms. The third-order valence-electron chi connectivity index (χ3n) is 3.52. The van der Waals surface area contributed by atoms with E-state index >= 15 is 0 Å². The molecule has 10 heteroatoms. The number of nitrogens with zero attached hydrogens (tertiary/aromatic N) is 1. The molecule has 1 heterocycles. The van der Waals surface area contributed by atoms with Crippen LogP contribution in [0.1, 0.15) is 22.8 Å². The summed E-state index contributed by atoms with van der Waals surface area (Å²) in [7, 11) is -2.55. The van der Waals surface area contributed by atoms with Crippen molar-refractivity contribution in [2.75, 3.05) is 13.6 Å². The highest BCUT2D eigenvalue weighted by atomic mass is 35.5. The Morgan fingerprint density at radius 1 is 1.12 bits per heavy atom. The predicted octanol–water partition coefficient (Wildman–Crippen LogP) is 2.05. The van der Waals surface area contributed by atoms with E-state index in [-0.39, 0.29) is 4.21 Å². The van der Waals surface area contributed by atoms with Gasteiger partial charge >= 0.3 is 0 Å². The number of hydrogen-bond donors (Lipinski definition) is 2. The number of nitrogens with one attached hydrogen (secondary N) is 2. The zero-order valence-electron chi connectivity index (χ0n) is 14.2. The van der Waals surface area contributed by atoms with Crippen LogP contribution in [-0.4, -0.2) is 38.1 Å². The molecule has 0 radical (unpaired) electrons. The molecule has 0 aliphatic heterocycles. The summed E-state index contributed by atoms with van der Waals surface area (Å²) >= 11 is 6.65. The minimum absolute atomic E-state index is 0.0397. The summed E-state index contributed by atoms with van der Waals surface area (Å²) < 4.78 is 25.9. The Morgan fingerprint density at radius 2 is 1.77 bits per heavy atom. The SMILES string of the molecule is CCc1ccc(C(=O)NNC(=O)CN(C)S(=O)(=O)c2ccc(Cl)s2)cc1. The van der Waals surface area contributed by atoms with E-state index in [1.807, 2.05) is 19.1 Å². The van der Waals surface area contributed by atoms with Gasteiger partial charge in [-0.15, -0.1) is 11.3 Å². The van der Waals surface area contributed by atoms with Crippen molar-refractivity contribution < 1.29 is 18.0 Å². The highest BCUT2D eigenvalue weighted by Gasteiger charge is 2.24. The van der Waals surface area contributed by atoms with Crippen LogP contribution < -0.4 is 10.9 Å². The number of thiophene rings is 1. The van der Waals surface area contributed by atoms with Crippen molar-refractivity contribution in [3.05, 3.63) is 51.9 Å². The van der Waals surface area contributed by atoms with Gasteiger partial charge in [-0.25, -0.2) is 8.42 Å². The van der Waals surface area contributed by atoms with E-state index in [1.165, 1.54) is 19.2 Å². The third-order valence-corrected chi connectivity index (χ3v) is 7.02. The summed E-state index contributed by atoms with van der Waals surface area (Å²) in [6.07, 6.45) is 0.856. The zero-order chi connectivity index (χ0) is 19.3. The first-order valence-electron chi connectivity index (χ1n) is 7.64. The molecule has 1 aromatic heterocycles. The van der Waals surface area contributed by atoms with Crippen LogP contribution in [0.2, 0.25) is 4.34 Å². The maximum Gasteiger partial charge on any atom is 0.269 e. The lowest BCUT2D eigenvalue weighted by molar-refractivity contribution is -0.121. The molecule has 0 unspecified atom stereocenters. The van der Waals surface area contributed by atoms with Gasteiger partial charge in [0.1, 0.15) is 4.21 Å². The molecule has 1 aromatic carbocycles. The Bertz CT molecular complexity index is 894. The highest BCUT2D eigenvalue weighted by Crippen LogP contribution is 2.27. The second kappa shape index (κ2) is 8.63. The van der Waals surface area contributed by atoms with Gasteiger partial charge < -0.3 is 0 Å². The Kier molecular flexibility index (Phi) is 6.76. The fraction of sp³-hybridized carbons (Fsp3) is 0.250. The first-order valence-corrected chi connectivity index (χ1v) is 10.3. The minimum atomic E-state index is -3.82. The fourth-order valence-electron chi connectivity index (χ4n) is 2.01. The zero-order valence-corrected chi connectivity index (χ0v) is 16.5. The summed E-state index contributed by atoms with van der Waals surface area (Å²) in [6.45, 7) is 1.55. The van der Waals surface area contributed by atoms with Crippen molar-refractivity contribution in [2.24, 2.45) is 0 Å². The van der Waals surface area contributed by atoms with E-state index in [4.69, 9.17) is 11.6 Å². The van der Waals surface area contributed by atoms with E-state index in [0.29, 0.717) is 9.90 Å². The van der Waals surface area contributed by atoms with Gasteiger partial charge in [0.15, 0.2) is 0 Å². The van der Waals surface area contributed by atoms with Crippen molar-refractivity contribution in [2.45, 2.75) is 17.6 Å². The van der Waals surface area contributed by atoms with E-state index in [9.17, 15) is 18.0 Å². The van der Waals surface area contributed by atoms with Crippen LogP contribution >= 0.6 is 22.9 Å². The lowest BCUT2D eigenvalue weighted by Gasteiger charge is -2.16. The van der Waals surface area contributed by atoms with Crippen molar-refractivity contribution in [1.29, 1.82) is 0 Å². The van der Waals surface area contributed by atoms with Gasteiger partial charge in [0.2, 0.25) is 0 Å². The van der Waals surface area contributed by atoms with Gasteiger partial charge in [0, 0.05) is 12.6 Å². The Morgan fingerprint density at radius 3 is 2.31 bits per heavy atom. The number of rotatable bonds is 6. The molecule has 2 N–H and O–H groups in total. The Balaban J connectivity index is 1.90. The Labute approximate surface area is 161 Å². The topological polar surface area (TPSA) is 95.6 Å². The van der Waals surface area contributed by atoms with Crippen LogP contribution in [0.15, 0.2) is 40.6 Å². The molecule has 0 atom stereocenters. The number of benzene rings is 1. The van der Waals surface area contributed by atoms with Crippen LogP contribution in [-0.2, 0) is 21.2 Å². The van der Waals surface area contributed by atoms with Crippen molar-refractivity contribution >= 4 is 44.8 Å². The number of halogens is 1. The van der Waals surface area contributed by atoms with Gasteiger partial charge in [0.05, 0.1) is 10.9 Å². The average Bonchev–Trinajstić information content (AvgIpc) is 3.07. The maximum absolute atomic E-state index is 12.3. The smallest absolute Gasteiger partial charge is 0.269 e. The first-order chi connectivity index (χ1) is 12.2. The second-order valence-electron chi connectivity index (χ2n) is 5.37. The van der Waals surface area contributed by atoms with Gasteiger partial charge in [-0.3, -0.25) is 20.4 Å². The third kappa shape index (κ3) is 5.04. The normalized spacial score (nSPS) is 11.4. The average molecular weight is 416 g/mol. The van der Waals surface area contributed by atoms with Gasteiger partial charge in [-0.2, -0.15) is 4.31 Å². The number of likely N-dealkylation sites (N-methyl/N-ethyl adjacent to an activating group) is 1. The van der Waals surface area contributed by atoms with E-state index in [1.54, 1.807) is 12.1 Å². The molecule has 0 fully saturated rings. The summed E-state index contributed by atoms with van der Waals surface area (Å²) in [5.74, 6) is -1.16. The number of aryl methyl sites for hydroxylation is 1. The summed E-state index contributed by atoms with van der Waals surface area (Å²) in [5.41, 5.74) is 5.94. The lowest BCUT2D eigenvalue weighted by Crippen LogP contribution is -2.46. The fourth-order valence-corrected chi connectivity index (χ4v) is 4.83. The number of amides is 2. The van der Waals surface area contributed by atoms with Crippen LogP contribution in [0.3, 0.4) is 0 Å². The molecule has 2 aromatic rings. The summed E-state index contributed by atoms with van der Waals surface area (Å²) in [4.78, 5) is 23.9. The van der Waals surface area contributed by atoms with Crippen molar-refractivity contribution in [3.63, 3.8) is 0 Å². The standard InChI is InChI=1S/C16H18ClN3O4S2/c1-3-11-4-6-12(7-5-11)16(22)19-18-14(21)10-20(2)26(23,24)15-9-8-13(17)25-15/h4-9H,3,10H2,1-2H3,(H,18,21)(H,19,22). The summed E-state index contributed by atoms with van der Waals surface area (Å²) in [5, 5.41) is 0. The van der Waals surface area contributed by atoms with Crippen LogP contribution in [0.5, 0.6) is 0 Å². The van der Waals surface area contributed by atoms with Gasteiger partial charge in [0.25, 0.3) is 21.8 Å². The van der Waals surface area contributed by atoms with Crippen molar-refractivity contribution in [3.8, 4) is 0 Å². The van der Waals surface area contributed by atoms with Crippen molar-refractivity contribution in [1.82, 2.24) is 15.2 Å². The molecule has 0 saturated carbocycles. The number of carbonyl (C=O) groups excluding carboxylic acids is 2. The molecule has 0 saturated heterocycles. The molecular weight excluding hydrogens is 398 g/mol. The molecule has 2 amide bonds. The van der Waals surface area contributed by atoms with E-state index < -0.39 is 28.4 Å². The van der Waals surface area contributed by atoms with E-state index in [0.717, 1.165) is 27.6 Å². The number of sulfonamides is 1. The molecule has 0 aliphatic carbocycles. The Hall–Kier alpha value is -1.94.